The zero-order valence-corrected chi connectivity index (χ0v) is 11.6. The van der Waals surface area contributed by atoms with Gasteiger partial charge in [-0.25, -0.2) is 0 Å². The summed E-state index contributed by atoms with van der Waals surface area (Å²) < 4.78 is 0. The van der Waals surface area contributed by atoms with Crippen molar-refractivity contribution in [2.45, 2.75) is 13.5 Å². The molecular formula is C16H12ClNO2. The average Bonchev–Trinajstić information content (AvgIpc) is 2.66. The van der Waals surface area contributed by atoms with Gasteiger partial charge in [0.2, 0.25) is 0 Å². The predicted molar refractivity (Wildman–Crippen MR) is 78.2 cm³/mol. The second-order valence-electron chi connectivity index (χ2n) is 4.82. The summed E-state index contributed by atoms with van der Waals surface area (Å²) in [6, 6.07) is 12.7. The zero-order chi connectivity index (χ0) is 14.3. The van der Waals surface area contributed by atoms with Crippen LogP contribution in [0.1, 0.15) is 21.5 Å². The number of ketones is 1. The van der Waals surface area contributed by atoms with E-state index in [1.807, 2.05) is 25.1 Å². The Balaban J connectivity index is 2.03. The molecule has 0 unspecified atom stereocenters. The molecule has 100 valence electrons. The van der Waals surface area contributed by atoms with Gasteiger partial charge in [0.1, 0.15) is 0 Å². The fraction of sp³-hybridized carbons (Fsp3) is 0.125. The lowest BCUT2D eigenvalue weighted by Gasteiger charge is -2.18. The Morgan fingerprint density at radius 3 is 2.60 bits per heavy atom. The molecule has 20 heavy (non-hydrogen) atoms. The smallest absolute Gasteiger partial charge is 0.299 e. The Hall–Kier alpha value is -2.13. The van der Waals surface area contributed by atoms with Gasteiger partial charge >= 0.3 is 0 Å². The normalized spacial score (nSPS) is 13.8. The van der Waals surface area contributed by atoms with E-state index in [4.69, 9.17) is 11.6 Å². The maximum atomic E-state index is 12.1. The zero-order valence-electron chi connectivity index (χ0n) is 10.9. The Morgan fingerprint density at radius 1 is 1.10 bits per heavy atom. The first-order valence-electron chi connectivity index (χ1n) is 6.28. The first-order chi connectivity index (χ1) is 9.58. The largest absolute Gasteiger partial charge is 0.300 e. The number of para-hydroxylation sites is 1. The number of halogens is 1. The molecule has 2 aromatic rings. The Morgan fingerprint density at radius 2 is 1.85 bits per heavy atom. The molecule has 0 atom stereocenters. The van der Waals surface area contributed by atoms with E-state index >= 15 is 0 Å². The minimum Gasteiger partial charge on any atom is -0.300 e. The number of anilines is 1. The van der Waals surface area contributed by atoms with Gasteiger partial charge in [-0.2, -0.15) is 0 Å². The van der Waals surface area contributed by atoms with Gasteiger partial charge in [0, 0.05) is 5.02 Å². The number of nitrogens with zero attached hydrogens (tertiary/aromatic N) is 1. The van der Waals surface area contributed by atoms with Crippen molar-refractivity contribution >= 4 is 29.0 Å². The molecule has 0 N–H and O–H groups in total. The minimum atomic E-state index is -0.478. The van der Waals surface area contributed by atoms with Crippen molar-refractivity contribution in [1.29, 1.82) is 0 Å². The van der Waals surface area contributed by atoms with Gasteiger partial charge in [-0.3, -0.25) is 9.59 Å². The molecule has 0 bridgehead atoms. The lowest BCUT2D eigenvalue weighted by Crippen LogP contribution is -2.29. The Bertz CT molecular complexity index is 724. The second-order valence-corrected chi connectivity index (χ2v) is 5.26. The molecule has 2 aromatic carbocycles. The summed E-state index contributed by atoms with van der Waals surface area (Å²) in [4.78, 5) is 25.7. The number of benzene rings is 2. The molecule has 0 saturated heterocycles. The molecule has 0 radical (unpaired) electrons. The average molecular weight is 286 g/mol. The number of hydrogen-bond acceptors (Lipinski definition) is 2. The summed E-state index contributed by atoms with van der Waals surface area (Å²) in [5, 5.41) is 0.616. The highest BCUT2D eigenvalue weighted by molar-refractivity contribution is 6.52. The number of rotatable bonds is 2. The van der Waals surface area contributed by atoms with Crippen LogP contribution in [0.15, 0.2) is 42.5 Å². The van der Waals surface area contributed by atoms with Crippen molar-refractivity contribution in [3.8, 4) is 0 Å². The number of carbonyl (C=O) groups is 2. The van der Waals surface area contributed by atoms with E-state index < -0.39 is 11.7 Å². The highest BCUT2D eigenvalue weighted by Crippen LogP contribution is 2.33. The molecule has 1 amide bonds. The van der Waals surface area contributed by atoms with Crippen LogP contribution in [0.4, 0.5) is 5.69 Å². The number of amides is 1. The van der Waals surface area contributed by atoms with Crippen molar-refractivity contribution in [1.82, 2.24) is 0 Å². The third-order valence-electron chi connectivity index (χ3n) is 3.42. The third-order valence-corrected chi connectivity index (χ3v) is 3.66. The lowest BCUT2D eigenvalue weighted by molar-refractivity contribution is -0.114. The van der Waals surface area contributed by atoms with Crippen molar-refractivity contribution in [3.05, 3.63) is 64.2 Å². The molecule has 1 heterocycles. The number of carbonyl (C=O) groups excluding carboxylic acids is 2. The van der Waals surface area contributed by atoms with Gasteiger partial charge in [-0.05, 0) is 36.2 Å². The van der Waals surface area contributed by atoms with E-state index in [9.17, 15) is 9.59 Å². The van der Waals surface area contributed by atoms with Gasteiger partial charge < -0.3 is 4.90 Å². The second kappa shape index (κ2) is 4.76. The summed E-state index contributed by atoms with van der Waals surface area (Å²) in [6.07, 6.45) is 0. The van der Waals surface area contributed by atoms with Crippen molar-refractivity contribution < 1.29 is 9.59 Å². The quantitative estimate of drug-likeness (QED) is 0.793. The molecule has 0 aliphatic carbocycles. The minimum absolute atomic E-state index is 0.350. The molecule has 0 spiro atoms. The van der Waals surface area contributed by atoms with E-state index in [0.29, 0.717) is 22.8 Å². The Kier molecular flexibility index (Phi) is 3.07. The monoisotopic (exact) mass is 285 g/mol. The van der Waals surface area contributed by atoms with Gasteiger partial charge in [-0.1, -0.05) is 35.9 Å². The van der Waals surface area contributed by atoms with Crippen molar-refractivity contribution in [3.63, 3.8) is 0 Å². The van der Waals surface area contributed by atoms with Crippen LogP contribution < -0.4 is 4.90 Å². The highest BCUT2D eigenvalue weighted by Gasteiger charge is 2.36. The van der Waals surface area contributed by atoms with Gasteiger partial charge in [-0.15, -0.1) is 0 Å². The fourth-order valence-corrected chi connectivity index (χ4v) is 2.72. The standard InChI is InChI=1S/C16H12ClNO2/c1-10-4-2-7-13-14(10)18(16(20)15(13)19)9-11-5-3-6-12(17)8-11/h2-8H,9H2,1H3. The SMILES string of the molecule is Cc1cccc2c1N(Cc1cccc(Cl)c1)C(=O)C2=O. The number of fused-ring (bicyclic) bond motifs is 1. The van der Waals surface area contributed by atoms with Gasteiger partial charge in [0.05, 0.1) is 17.8 Å². The van der Waals surface area contributed by atoms with Crippen molar-refractivity contribution in [2.75, 3.05) is 4.90 Å². The van der Waals surface area contributed by atoms with Crippen LogP contribution in [0, 0.1) is 6.92 Å². The summed E-state index contributed by atoms with van der Waals surface area (Å²) >= 11 is 5.96. The Labute approximate surface area is 121 Å². The van der Waals surface area contributed by atoms with E-state index in [1.165, 1.54) is 4.90 Å². The number of aryl methyl sites for hydroxylation is 1. The summed E-state index contributed by atoms with van der Waals surface area (Å²) in [5.74, 6) is -0.917. The van der Waals surface area contributed by atoms with Crippen LogP contribution >= 0.6 is 11.6 Å². The summed E-state index contributed by atoms with van der Waals surface area (Å²) in [5.41, 5.74) is 3.01. The van der Waals surface area contributed by atoms with Crippen LogP contribution in [-0.2, 0) is 11.3 Å². The topological polar surface area (TPSA) is 37.4 Å². The number of Topliss-reactive ketones (excluding diaryl/α,β-unsaturated/α-hetero) is 1. The number of hydrogen-bond donors (Lipinski definition) is 0. The fourth-order valence-electron chi connectivity index (χ4n) is 2.51. The predicted octanol–water partition coefficient (Wildman–Crippen LogP) is 3.38. The molecule has 3 rings (SSSR count). The summed E-state index contributed by atoms with van der Waals surface area (Å²) in [6.45, 7) is 2.25. The van der Waals surface area contributed by atoms with Crippen LogP contribution in [0.5, 0.6) is 0 Å². The first-order valence-corrected chi connectivity index (χ1v) is 6.66. The molecular weight excluding hydrogens is 274 g/mol. The van der Waals surface area contributed by atoms with E-state index in [1.54, 1.807) is 24.3 Å². The van der Waals surface area contributed by atoms with Gasteiger partial charge in [0.25, 0.3) is 11.7 Å². The molecule has 0 aromatic heterocycles. The van der Waals surface area contributed by atoms with Crippen LogP contribution in [0.3, 0.4) is 0 Å². The summed E-state index contributed by atoms with van der Waals surface area (Å²) in [7, 11) is 0. The maximum Gasteiger partial charge on any atom is 0.299 e. The van der Waals surface area contributed by atoms with Crippen molar-refractivity contribution in [2.24, 2.45) is 0 Å². The van der Waals surface area contributed by atoms with E-state index in [-0.39, 0.29) is 0 Å². The third kappa shape index (κ3) is 2.00. The molecule has 3 nitrogen and oxygen atoms in total. The molecule has 0 saturated carbocycles. The van der Waals surface area contributed by atoms with Crippen LogP contribution in [0.25, 0.3) is 0 Å². The lowest BCUT2D eigenvalue weighted by atomic mass is 10.1. The molecule has 1 aliphatic heterocycles. The highest BCUT2D eigenvalue weighted by atomic mass is 35.5. The molecule has 1 aliphatic rings. The van der Waals surface area contributed by atoms with Crippen LogP contribution in [0.2, 0.25) is 5.02 Å². The van der Waals surface area contributed by atoms with Gasteiger partial charge in [0.15, 0.2) is 0 Å². The van der Waals surface area contributed by atoms with E-state index in [2.05, 4.69) is 0 Å². The maximum absolute atomic E-state index is 12.1. The van der Waals surface area contributed by atoms with E-state index in [0.717, 1.165) is 11.1 Å². The molecule has 4 heteroatoms. The first kappa shape index (κ1) is 12.9. The van der Waals surface area contributed by atoms with Crippen LogP contribution in [-0.4, -0.2) is 11.7 Å². The molecule has 0 fully saturated rings.